The molecule has 4 aromatic rings. The highest BCUT2D eigenvalue weighted by molar-refractivity contribution is 6.02. The van der Waals surface area contributed by atoms with Gasteiger partial charge in [-0.05, 0) is 34.4 Å². The molecule has 0 radical (unpaired) electrons. The van der Waals surface area contributed by atoms with E-state index < -0.39 is 5.97 Å². The lowest BCUT2D eigenvalue weighted by Crippen LogP contribution is -1.98. The molecule has 0 atom stereocenters. The quantitative estimate of drug-likeness (QED) is 0.599. The molecule has 0 spiro atoms. The molecule has 0 unspecified atom stereocenters. The minimum Gasteiger partial charge on any atom is -0.478 e. The van der Waals surface area contributed by atoms with Gasteiger partial charge in [-0.2, -0.15) is 15.4 Å². The first-order valence-corrected chi connectivity index (χ1v) is 7.46. The van der Waals surface area contributed by atoms with E-state index >= 15 is 0 Å². The lowest BCUT2D eigenvalue weighted by Gasteiger charge is -2.06. The molecule has 1 heterocycles. The molecular formula is C19H13N3O2. The maximum absolute atomic E-state index is 11.5. The van der Waals surface area contributed by atoms with Crippen LogP contribution in [0.3, 0.4) is 0 Å². The molecule has 2 N–H and O–H groups in total. The standard InChI is InChI=1S/C19H13N3O2/c23-19(24)16-10-15(11-17-18(16)21-22-20-17)14-8-6-13(7-9-14)12-4-2-1-3-5-12/h1-11H,(H,23,24)(H,20,21,22). The van der Waals surface area contributed by atoms with Gasteiger partial charge in [0.25, 0.3) is 0 Å². The number of carboxylic acid groups (broad SMARTS) is 1. The fraction of sp³-hybridized carbons (Fsp3) is 0. The summed E-state index contributed by atoms with van der Waals surface area (Å²) in [6, 6.07) is 21.6. The van der Waals surface area contributed by atoms with Crippen LogP contribution in [0.25, 0.3) is 33.3 Å². The summed E-state index contributed by atoms with van der Waals surface area (Å²) in [6.45, 7) is 0. The molecule has 0 bridgehead atoms. The van der Waals surface area contributed by atoms with E-state index in [0.29, 0.717) is 11.0 Å². The third-order valence-corrected chi connectivity index (χ3v) is 3.98. The molecule has 5 heteroatoms. The molecule has 0 aliphatic rings. The number of aromatic carboxylic acids is 1. The van der Waals surface area contributed by atoms with Gasteiger partial charge in [0.2, 0.25) is 0 Å². The first kappa shape index (κ1) is 14.1. The molecule has 0 saturated carbocycles. The first-order valence-electron chi connectivity index (χ1n) is 7.46. The number of hydrogen-bond acceptors (Lipinski definition) is 3. The predicted molar refractivity (Wildman–Crippen MR) is 91.7 cm³/mol. The number of benzene rings is 3. The lowest BCUT2D eigenvalue weighted by atomic mass is 9.98. The Hall–Kier alpha value is -3.47. The van der Waals surface area contributed by atoms with E-state index in [9.17, 15) is 9.90 Å². The summed E-state index contributed by atoms with van der Waals surface area (Å²) < 4.78 is 0. The molecule has 0 amide bonds. The second-order valence-corrected chi connectivity index (χ2v) is 5.46. The molecule has 0 fully saturated rings. The maximum Gasteiger partial charge on any atom is 0.338 e. The zero-order chi connectivity index (χ0) is 16.5. The van der Waals surface area contributed by atoms with Crippen LogP contribution in [0.5, 0.6) is 0 Å². The number of rotatable bonds is 3. The van der Waals surface area contributed by atoms with Crippen molar-refractivity contribution in [1.82, 2.24) is 15.4 Å². The van der Waals surface area contributed by atoms with Gasteiger partial charge in [0, 0.05) is 0 Å². The number of nitrogens with zero attached hydrogens (tertiary/aromatic N) is 2. The summed E-state index contributed by atoms with van der Waals surface area (Å²) >= 11 is 0. The molecule has 0 aliphatic heterocycles. The van der Waals surface area contributed by atoms with Crippen molar-refractivity contribution in [2.75, 3.05) is 0 Å². The van der Waals surface area contributed by atoms with Gasteiger partial charge < -0.3 is 5.11 Å². The van der Waals surface area contributed by atoms with Crippen LogP contribution < -0.4 is 0 Å². The fourth-order valence-electron chi connectivity index (χ4n) is 2.77. The third-order valence-electron chi connectivity index (χ3n) is 3.98. The average Bonchev–Trinajstić information content (AvgIpc) is 3.10. The van der Waals surface area contributed by atoms with Crippen LogP contribution in [-0.2, 0) is 0 Å². The molecule has 24 heavy (non-hydrogen) atoms. The minimum absolute atomic E-state index is 0.142. The summed E-state index contributed by atoms with van der Waals surface area (Å²) in [6.07, 6.45) is 0. The Morgan fingerprint density at radius 3 is 2.08 bits per heavy atom. The van der Waals surface area contributed by atoms with Crippen molar-refractivity contribution in [3.8, 4) is 22.3 Å². The minimum atomic E-state index is -1.02. The van der Waals surface area contributed by atoms with Crippen LogP contribution in [0, 0.1) is 0 Å². The van der Waals surface area contributed by atoms with Gasteiger partial charge in [-0.25, -0.2) is 4.79 Å². The first-order chi connectivity index (χ1) is 11.7. The van der Waals surface area contributed by atoms with Gasteiger partial charge >= 0.3 is 5.97 Å². The SMILES string of the molecule is O=C(O)c1cc(-c2ccc(-c3ccccc3)cc2)cc2n[nH]nc12. The van der Waals surface area contributed by atoms with Crippen LogP contribution >= 0.6 is 0 Å². The molecule has 116 valence electrons. The number of fused-ring (bicyclic) bond motifs is 1. The zero-order valence-electron chi connectivity index (χ0n) is 12.6. The number of carbonyl (C=O) groups is 1. The van der Waals surface area contributed by atoms with E-state index in [0.717, 1.165) is 22.3 Å². The van der Waals surface area contributed by atoms with E-state index in [1.54, 1.807) is 6.07 Å². The van der Waals surface area contributed by atoms with Crippen molar-refractivity contribution in [1.29, 1.82) is 0 Å². The van der Waals surface area contributed by atoms with Crippen molar-refractivity contribution in [3.63, 3.8) is 0 Å². The average molecular weight is 315 g/mol. The number of nitrogens with one attached hydrogen (secondary N) is 1. The number of H-pyrrole nitrogens is 1. The van der Waals surface area contributed by atoms with E-state index in [2.05, 4.69) is 27.5 Å². The Morgan fingerprint density at radius 2 is 1.42 bits per heavy atom. The molecular weight excluding hydrogens is 302 g/mol. The highest BCUT2D eigenvalue weighted by atomic mass is 16.4. The molecule has 1 aromatic heterocycles. The second-order valence-electron chi connectivity index (χ2n) is 5.46. The van der Waals surface area contributed by atoms with Crippen LogP contribution in [0.15, 0.2) is 66.7 Å². The fourth-order valence-corrected chi connectivity index (χ4v) is 2.77. The number of hydrogen-bond donors (Lipinski definition) is 2. The lowest BCUT2D eigenvalue weighted by molar-refractivity contribution is 0.0699. The Labute approximate surface area is 137 Å². The van der Waals surface area contributed by atoms with Crippen molar-refractivity contribution in [3.05, 3.63) is 72.3 Å². The van der Waals surface area contributed by atoms with Crippen molar-refractivity contribution in [2.24, 2.45) is 0 Å². The summed E-state index contributed by atoms with van der Waals surface area (Å²) in [5.74, 6) is -1.02. The van der Waals surface area contributed by atoms with Crippen molar-refractivity contribution >= 4 is 17.0 Å². The second kappa shape index (κ2) is 5.62. The van der Waals surface area contributed by atoms with Crippen molar-refractivity contribution in [2.45, 2.75) is 0 Å². The van der Waals surface area contributed by atoms with Gasteiger partial charge in [0.05, 0.1) is 5.56 Å². The van der Waals surface area contributed by atoms with Gasteiger partial charge in [-0.3, -0.25) is 0 Å². The van der Waals surface area contributed by atoms with Gasteiger partial charge in [0.1, 0.15) is 11.0 Å². The Morgan fingerprint density at radius 1 is 0.792 bits per heavy atom. The summed E-state index contributed by atoms with van der Waals surface area (Å²) in [5.41, 5.74) is 5.03. The van der Waals surface area contributed by atoms with E-state index in [1.165, 1.54) is 0 Å². The van der Waals surface area contributed by atoms with Gasteiger partial charge in [-0.15, -0.1) is 0 Å². The van der Waals surface area contributed by atoms with Crippen LogP contribution in [0.1, 0.15) is 10.4 Å². The summed E-state index contributed by atoms with van der Waals surface area (Å²) in [4.78, 5) is 11.5. The summed E-state index contributed by atoms with van der Waals surface area (Å²) in [7, 11) is 0. The summed E-state index contributed by atoms with van der Waals surface area (Å²) in [5, 5.41) is 19.8. The van der Waals surface area contributed by atoms with Gasteiger partial charge in [-0.1, -0.05) is 54.6 Å². The predicted octanol–water partition coefficient (Wildman–Crippen LogP) is 3.99. The smallest absolute Gasteiger partial charge is 0.338 e. The van der Waals surface area contributed by atoms with Gasteiger partial charge in [0.15, 0.2) is 0 Å². The van der Waals surface area contributed by atoms with Crippen LogP contribution in [-0.4, -0.2) is 26.5 Å². The zero-order valence-corrected chi connectivity index (χ0v) is 12.6. The maximum atomic E-state index is 11.5. The molecule has 5 nitrogen and oxygen atoms in total. The van der Waals surface area contributed by atoms with E-state index in [4.69, 9.17) is 0 Å². The normalized spacial score (nSPS) is 10.8. The van der Waals surface area contributed by atoms with Crippen LogP contribution in [0.2, 0.25) is 0 Å². The van der Waals surface area contributed by atoms with E-state index in [1.807, 2.05) is 48.5 Å². The monoisotopic (exact) mass is 315 g/mol. The molecule has 3 aromatic carbocycles. The number of carboxylic acids is 1. The third kappa shape index (κ3) is 2.42. The molecule has 0 saturated heterocycles. The van der Waals surface area contributed by atoms with Crippen molar-refractivity contribution < 1.29 is 9.90 Å². The molecule has 4 rings (SSSR count). The number of aromatic amines is 1. The Balaban J connectivity index is 1.79. The largest absolute Gasteiger partial charge is 0.478 e. The Kier molecular flexibility index (Phi) is 3.31. The topological polar surface area (TPSA) is 78.9 Å². The highest BCUT2D eigenvalue weighted by Crippen LogP contribution is 2.28. The highest BCUT2D eigenvalue weighted by Gasteiger charge is 2.14. The number of aromatic nitrogens is 3. The Bertz CT molecular complexity index is 1020. The van der Waals surface area contributed by atoms with E-state index in [-0.39, 0.29) is 5.56 Å². The molecule has 0 aliphatic carbocycles. The van der Waals surface area contributed by atoms with Crippen LogP contribution in [0.4, 0.5) is 0 Å².